The highest BCUT2D eigenvalue weighted by Gasteiger charge is 2.09. The van der Waals surface area contributed by atoms with E-state index >= 15 is 0 Å². The summed E-state index contributed by atoms with van der Waals surface area (Å²) in [5.74, 6) is 0.872. The molecule has 1 aromatic rings. The van der Waals surface area contributed by atoms with Gasteiger partial charge in [0.1, 0.15) is 18.8 Å². The Hall–Kier alpha value is -1.36. The Morgan fingerprint density at radius 3 is 2.60 bits per heavy atom. The standard InChI is InChI=1S/C10H17N3O2/c1-10(2,3)15-5-4-14-9-6-8(11)12-7-13-9/h6-7H,4-5H2,1-3H3,(H2,11,12,13). The van der Waals surface area contributed by atoms with E-state index in [2.05, 4.69) is 9.97 Å². The van der Waals surface area contributed by atoms with Crippen molar-refractivity contribution in [3.8, 4) is 5.88 Å². The number of aromatic nitrogens is 2. The molecule has 84 valence electrons. The molecule has 1 rings (SSSR count). The molecule has 5 heteroatoms. The van der Waals surface area contributed by atoms with Gasteiger partial charge in [0, 0.05) is 6.07 Å². The lowest BCUT2D eigenvalue weighted by molar-refractivity contribution is -0.0168. The van der Waals surface area contributed by atoms with Crippen LogP contribution in [0.5, 0.6) is 5.88 Å². The molecule has 0 saturated heterocycles. The first kappa shape index (κ1) is 11.7. The Balaban J connectivity index is 2.26. The van der Waals surface area contributed by atoms with Gasteiger partial charge in [0.2, 0.25) is 5.88 Å². The van der Waals surface area contributed by atoms with Crippen molar-refractivity contribution >= 4 is 5.82 Å². The Kier molecular flexibility index (Phi) is 3.85. The Morgan fingerprint density at radius 1 is 1.27 bits per heavy atom. The number of ether oxygens (including phenoxy) is 2. The first-order valence-electron chi connectivity index (χ1n) is 4.82. The normalized spacial score (nSPS) is 11.4. The second-order valence-electron chi connectivity index (χ2n) is 4.09. The second kappa shape index (κ2) is 4.93. The van der Waals surface area contributed by atoms with E-state index in [1.807, 2.05) is 20.8 Å². The second-order valence-corrected chi connectivity index (χ2v) is 4.09. The molecule has 1 heterocycles. The van der Waals surface area contributed by atoms with E-state index in [4.69, 9.17) is 15.2 Å². The van der Waals surface area contributed by atoms with Gasteiger partial charge in [0.05, 0.1) is 12.2 Å². The summed E-state index contributed by atoms with van der Waals surface area (Å²) in [7, 11) is 0. The largest absolute Gasteiger partial charge is 0.475 e. The van der Waals surface area contributed by atoms with Gasteiger partial charge in [-0.15, -0.1) is 0 Å². The first-order chi connectivity index (χ1) is 6.97. The Morgan fingerprint density at radius 2 is 2.00 bits per heavy atom. The Bertz CT molecular complexity index is 310. The zero-order valence-corrected chi connectivity index (χ0v) is 9.36. The molecule has 0 aromatic carbocycles. The third kappa shape index (κ3) is 5.17. The highest BCUT2D eigenvalue weighted by atomic mass is 16.5. The van der Waals surface area contributed by atoms with E-state index in [0.717, 1.165) is 0 Å². The van der Waals surface area contributed by atoms with E-state index in [0.29, 0.717) is 24.9 Å². The molecule has 0 unspecified atom stereocenters. The molecule has 0 atom stereocenters. The summed E-state index contributed by atoms with van der Waals surface area (Å²) in [5, 5.41) is 0. The minimum absolute atomic E-state index is 0.145. The van der Waals surface area contributed by atoms with E-state index in [-0.39, 0.29) is 5.60 Å². The average Bonchev–Trinajstić information content (AvgIpc) is 2.11. The SMILES string of the molecule is CC(C)(C)OCCOc1cc(N)ncn1. The van der Waals surface area contributed by atoms with E-state index < -0.39 is 0 Å². The fourth-order valence-corrected chi connectivity index (χ4v) is 0.927. The summed E-state index contributed by atoms with van der Waals surface area (Å²) < 4.78 is 10.8. The van der Waals surface area contributed by atoms with Crippen LogP contribution < -0.4 is 10.5 Å². The van der Waals surface area contributed by atoms with Crippen LogP contribution in [0, 0.1) is 0 Å². The zero-order valence-electron chi connectivity index (χ0n) is 9.36. The van der Waals surface area contributed by atoms with Crippen LogP contribution in [0.25, 0.3) is 0 Å². The molecule has 5 nitrogen and oxygen atoms in total. The van der Waals surface area contributed by atoms with Gasteiger partial charge in [-0.1, -0.05) is 0 Å². The fraction of sp³-hybridized carbons (Fsp3) is 0.600. The van der Waals surface area contributed by atoms with E-state index in [1.54, 1.807) is 6.07 Å². The number of nitrogens with zero attached hydrogens (tertiary/aromatic N) is 2. The molecule has 0 aliphatic heterocycles. The van der Waals surface area contributed by atoms with Gasteiger partial charge < -0.3 is 15.2 Å². The van der Waals surface area contributed by atoms with Gasteiger partial charge in [-0.25, -0.2) is 9.97 Å². The Labute approximate surface area is 89.6 Å². The first-order valence-corrected chi connectivity index (χ1v) is 4.82. The van der Waals surface area contributed by atoms with Crippen LogP contribution in [0.4, 0.5) is 5.82 Å². The van der Waals surface area contributed by atoms with Gasteiger partial charge in [-0.2, -0.15) is 0 Å². The number of anilines is 1. The van der Waals surface area contributed by atoms with Gasteiger partial charge >= 0.3 is 0 Å². The molecule has 2 N–H and O–H groups in total. The molecular formula is C10H17N3O2. The summed E-state index contributed by atoms with van der Waals surface area (Å²) >= 11 is 0. The van der Waals surface area contributed by atoms with Crippen molar-refractivity contribution in [3.05, 3.63) is 12.4 Å². The van der Waals surface area contributed by atoms with Gasteiger partial charge in [0.25, 0.3) is 0 Å². The number of nitrogen functional groups attached to an aromatic ring is 1. The maximum atomic E-state index is 5.48. The number of hydrogen-bond acceptors (Lipinski definition) is 5. The monoisotopic (exact) mass is 211 g/mol. The smallest absolute Gasteiger partial charge is 0.218 e. The van der Waals surface area contributed by atoms with Crippen LogP contribution in [-0.2, 0) is 4.74 Å². The number of nitrogens with two attached hydrogens (primary N) is 1. The molecule has 0 aliphatic rings. The third-order valence-corrected chi connectivity index (χ3v) is 1.53. The minimum Gasteiger partial charge on any atom is -0.475 e. The van der Waals surface area contributed by atoms with Crippen molar-refractivity contribution in [1.82, 2.24) is 9.97 Å². The lowest BCUT2D eigenvalue weighted by Gasteiger charge is -2.19. The van der Waals surface area contributed by atoms with Gasteiger partial charge in [-0.05, 0) is 20.8 Å². The lowest BCUT2D eigenvalue weighted by atomic mass is 10.2. The summed E-state index contributed by atoms with van der Waals surface area (Å²) in [5.41, 5.74) is 5.32. The molecule has 0 bridgehead atoms. The summed E-state index contributed by atoms with van der Waals surface area (Å²) in [4.78, 5) is 7.67. The fourth-order valence-electron chi connectivity index (χ4n) is 0.927. The molecule has 0 spiro atoms. The molecular weight excluding hydrogens is 194 g/mol. The van der Waals surface area contributed by atoms with Gasteiger partial charge in [0.15, 0.2) is 0 Å². The predicted octanol–water partition coefficient (Wildman–Crippen LogP) is 1.25. The molecule has 0 amide bonds. The van der Waals surface area contributed by atoms with Crippen molar-refractivity contribution in [2.24, 2.45) is 0 Å². The minimum atomic E-state index is -0.145. The number of hydrogen-bond donors (Lipinski definition) is 1. The van der Waals surface area contributed by atoms with Gasteiger partial charge in [-0.3, -0.25) is 0 Å². The third-order valence-electron chi connectivity index (χ3n) is 1.53. The maximum absolute atomic E-state index is 5.48. The number of rotatable bonds is 4. The van der Waals surface area contributed by atoms with E-state index in [1.165, 1.54) is 6.33 Å². The van der Waals surface area contributed by atoms with Crippen molar-refractivity contribution in [2.75, 3.05) is 18.9 Å². The summed E-state index contributed by atoms with van der Waals surface area (Å²) in [6.45, 7) is 6.96. The molecule has 0 aliphatic carbocycles. The molecule has 1 aromatic heterocycles. The molecule has 0 radical (unpaired) electrons. The van der Waals surface area contributed by atoms with Crippen molar-refractivity contribution in [3.63, 3.8) is 0 Å². The average molecular weight is 211 g/mol. The van der Waals surface area contributed by atoms with Crippen molar-refractivity contribution < 1.29 is 9.47 Å². The molecule has 0 fully saturated rings. The van der Waals surface area contributed by atoms with Crippen LogP contribution in [0.15, 0.2) is 12.4 Å². The van der Waals surface area contributed by atoms with E-state index in [9.17, 15) is 0 Å². The van der Waals surface area contributed by atoms with Crippen molar-refractivity contribution in [1.29, 1.82) is 0 Å². The quantitative estimate of drug-likeness (QED) is 0.759. The van der Waals surface area contributed by atoms with Crippen LogP contribution in [0.3, 0.4) is 0 Å². The van der Waals surface area contributed by atoms with Crippen LogP contribution in [0.2, 0.25) is 0 Å². The molecule has 0 saturated carbocycles. The lowest BCUT2D eigenvalue weighted by Crippen LogP contribution is -2.22. The summed E-state index contributed by atoms with van der Waals surface area (Å²) in [6, 6.07) is 1.58. The topological polar surface area (TPSA) is 70.3 Å². The highest BCUT2D eigenvalue weighted by Crippen LogP contribution is 2.09. The van der Waals surface area contributed by atoms with Crippen LogP contribution in [-0.4, -0.2) is 28.8 Å². The molecule has 15 heavy (non-hydrogen) atoms. The highest BCUT2D eigenvalue weighted by molar-refractivity contribution is 5.30. The predicted molar refractivity (Wildman–Crippen MR) is 57.6 cm³/mol. The summed E-state index contributed by atoms with van der Waals surface area (Å²) in [6.07, 6.45) is 1.37. The maximum Gasteiger partial charge on any atom is 0.218 e. The zero-order chi connectivity index (χ0) is 11.3. The van der Waals surface area contributed by atoms with Crippen LogP contribution >= 0.6 is 0 Å². The van der Waals surface area contributed by atoms with Crippen LogP contribution in [0.1, 0.15) is 20.8 Å². The van der Waals surface area contributed by atoms with Crippen molar-refractivity contribution in [2.45, 2.75) is 26.4 Å².